The van der Waals surface area contributed by atoms with E-state index in [4.69, 9.17) is 0 Å². The lowest BCUT2D eigenvalue weighted by Gasteiger charge is -2.22. The van der Waals surface area contributed by atoms with Gasteiger partial charge in [0.15, 0.2) is 0 Å². The van der Waals surface area contributed by atoms with Crippen LogP contribution in [0.3, 0.4) is 0 Å². The van der Waals surface area contributed by atoms with Crippen molar-refractivity contribution in [1.82, 2.24) is 0 Å². The molecule has 0 N–H and O–H groups in total. The molecule has 0 fully saturated rings. The predicted molar refractivity (Wildman–Crippen MR) is 64.6 cm³/mol. The normalized spacial score (nSPS) is 24.5. The van der Waals surface area contributed by atoms with Gasteiger partial charge in [0.2, 0.25) is 0 Å². The van der Waals surface area contributed by atoms with E-state index < -0.39 is 0 Å². The first-order chi connectivity index (χ1) is 7.17. The SMILES string of the molecule is CCC(C)C(C=O)CC1C=CC(C)=CC1. The van der Waals surface area contributed by atoms with Crippen molar-refractivity contribution >= 4 is 6.29 Å². The van der Waals surface area contributed by atoms with Crippen molar-refractivity contribution in [3.05, 3.63) is 23.8 Å². The number of hydrogen-bond donors (Lipinski definition) is 0. The van der Waals surface area contributed by atoms with Gasteiger partial charge in [-0.3, -0.25) is 0 Å². The molecule has 0 aliphatic heterocycles. The summed E-state index contributed by atoms with van der Waals surface area (Å²) in [4.78, 5) is 11.0. The van der Waals surface area contributed by atoms with Gasteiger partial charge in [0.05, 0.1) is 0 Å². The molecule has 15 heavy (non-hydrogen) atoms. The molecule has 3 unspecified atom stereocenters. The third-order valence-electron chi connectivity index (χ3n) is 3.50. The van der Waals surface area contributed by atoms with E-state index in [-0.39, 0.29) is 5.92 Å². The van der Waals surface area contributed by atoms with E-state index in [9.17, 15) is 4.79 Å². The van der Waals surface area contributed by atoms with Crippen LogP contribution in [0.1, 0.15) is 40.0 Å². The van der Waals surface area contributed by atoms with Crippen molar-refractivity contribution in [2.45, 2.75) is 40.0 Å². The van der Waals surface area contributed by atoms with E-state index in [0.717, 1.165) is 25.5 Å². The molecule has 0 heterocycles. The first-order valence-electron chi connectivity index (χ1n) is 5.97. The van der Waals surface area contributed by atoms with Crippen LogP contribution in [0.2, 0.25) is 0 Å². The van der Waals surface area contributed by atoms with Crippen LogP contribution in [0.25, 0.3) is 0 Å². The molecule has 0 aromatic heterocycles. The predicted octanol–water partition coefficient (Wildman–Crippen LogP) is 3.76. The molecule has 1 rings (SSSR count). The molecule has 1 aliphatic rings. The lowest BCUT2D eigenvalue weighted by Crippen LogP contribution is -2.16. The second-order valence-electron chi connectivity index (χ2n) is 4.72. The number of carbonyl (C=O) groups excluding carboxylic acids is 1. The van der Waals surface area contributed by atoms with Crippen LogP contribution in [0.15, 0.2) is 23.8 Å². The zero-order valence-corrected chi connectivity index (χ0v) is 10.1. The Bertz CT molecular complexity index is 263. The maximum Gasteiger partial charge on any atom is 0.123 e. The largest absolute Gasteiger partial charge is 0.303 e. The highest BCUT2D eigenvalue weighted by atomic mass is 16.1. The van der Waals surface area contributed by atoms with E-state index >= 15 is 0 Å². The monoisotopic (exact) mass is 206 g/mol. The molecule has 0 saturated carbocycles. The van der Waals surface area contributed by atoms with Gasteiger partial charge in [-0.1, -0.05) is 44.1 Å². The topological polar surface area (TPSA) is 17.1 Å². The van der Waals surface area contributed by atoms with E-state index in [1.54, 1.807) is 0 Å². The number of aldehydes is 1. The molecule has 0 spiro atoms. The van der Waals surface area contributed by atoms with Gasteiger partial charge < -0.3 is 4.79 Å². The Balaban J connectivity index is 2.47. The second kappa shape index (κ2) is 5.89. The summed E-state index contributed by atoms with van der Waals surface area (Å²) in [6, 6.07) is 0. The van der Waals surface area contributed by atoms with E-state index in [1.807, 2.05) is 0 Å². The van der Waals surface area contributed by atoms with Gasteiger partial charge in [0.25, 0.3) is 0 Å². The molecule has 1 aliphatic carbocycles. The zero-order chi connectivity index (χ0) is 11.3. The molecule has 3 atom stereocenters. The molecule has 1 heteroatoms. The summed E-state index contributed by atoms with van der Waals surface area (Å²) in [5.41, 5.74) is 1.34. The van der Waals surface area contributed by atoms with Crippen LogP contribution in [0, 0.1) is 17.8 Å². The molecule has 0 aromatic rings. The molecular weight excluding hydrogens is 184 g/mol. The van der Waals surface area contributed by atoms with Crippen molar-refractivity contribution in [1.29, 1.82) is 0 Å². The summed E-state index contributed by atoms with van der Waals surface area (Å²) >= 11 is 0. The van der Waals surface area contributed by atoms with Gasteiger partial charge in [0.1, 0.15) is 6.29 Å². The first kappa shape index (κ1) is 12.2. The van der Waals surface area contributed by atoms with Crippen molar-refractivity contribution < 1.29 is 4.79 Å². The number of rotatable bonds is 5. The minimum atomic E-state index is 0.233. The van der Waals surface area contributed by atoms with Crippen LogP contribution < -0.4 is 0 Å². The number of carbonyl (C=O) groups is 1. The van der Waals surface area contributed by atoms with Crippen LogP contribution in [0.4, 0.5) is 0 Å². The quantitative estimate of drug-likeness (QED) is 0.626. The number of hydrogen-bond acceptors (Lipinski definition) is 1. The third kappa shape index (κ3) is 3.65. The summed E-state index contributed by atoms with van der Waals surface area (Å²) in [7, 11) is 0. The fourth-order valence-corrected chi connectivity index (χ4v) is 2.02. The minimum Gasteiger partial charge on any atom is -0.303 e. The first-order valence-corrected chi connectivity index (χ1v) is 5.97. The standard InChI is InChI=1S/C14H22O/c1-4-12(3)14(10-15)9-13-7-5-11(2)6-8-13/h5-7,10,12-14H,4,8-9H2,1-3H3. The molecule has 0 bridgehead atoms. The highest BCUT2D eigenvalue weighted by Crippen LogP contribution is 2.27. The minimum absolute atomic E-state index is 0.233. The lowest BCUT2D eigenvalue weighted by atomic mass is 9.82. The molecule has 0 aromatic carbocycles. The Morgan fingerprint density at radius 3 is 2.80 bits per heavy atom. The maximum atomic E-state index is 11.0. The Hall–Kier alpha value is -0.850. The Morgan fingerprint density at radius 2 is 2.33 bits per heavy atom. The van der Waals surface area contributed by atoms with Crippen LogP contribution >= 0.6 is 0 Å². The van der Waals surface area contributed by atoms with E-state index in [2.05, 4.69) is 39.0 Å². The maximum absolute atomic E-state index is 11.0. The average molecular weight is 206 g/mol. The summed E-state index contributed by atoms with van der Waals surface area (Å²) in [6.07, 6.45) is 11.0. The second-order valence-corrected chi connectivity index (χ2v) is 4.72. The van der Waals surface area contributed by atoms with Gasteiger partial charge >= 0.3 is 0 Å². The highest BCUT2D eigenvalue weighted by Gasteiger charge is 2.19. The fraction of sp³-hybridized carbons (Fsp3) is 0.643. The van der Waals surface area contributed by atoms with Crippen molar-refractivity contribution in [3.63, 3.8) is 0 Å². The number of allylic oxidation sites excluding steroid dienone is 4. The Labute approximate surface area is 93.3 Å². The molecular formula is C14H22O. The van der Waals surface area contributed by atoms with E-state index in [1.165, 1.54) is 5.57 Å². The average Bonchev–Trinajstić information content (AvgIpc) is 2.27. The van der Waals surface area contributed by atoms with Gasteiger partial charge in [-0.05, 0) is 31.6 Å². The smallest absolute Gasteiger partial charge is 0.123 e. The van der Waals surface area contributed by atoms with Gasteiger partial charge in [-0.15, -0.1) is 0 Å². The highest BCUT2D eigenvalue weighted by molar-refractivity contribution is 5.54. The third-order valence-corrected chi connectivity index (χ3v) is 3.50. The lowest BCUT2D eigenvalue weighted by molar-refractivity contribution is -0.112. The zero-order valence-electron chi connectivity index (χ0n) is 10.1. The van der Waals surface area contributed by atoms with Crippen LogP contribution in [-0.2, 0) is 4.79 Å². The van der Waals surface area contributed by atoms with Gasteiger partial charge in [-0.25, -0.2) is 0 Å². The Morgan fingerprint density at radius 1 is 1.60 bits per heavy atom. The molecule has 84 valence electrons. The molecule has 0 amide bonds. The summed E-state index contributed by atoms with van der Waals surface area (Å²) in [5, 5.41) is 0. The van der Waals surface area contributed by atoms with Gasteiger partial charge in [0, 0.05) is 5.92 Å². The summed E-state index contributed by atoms with van der Waals surface area (Å²) < 4.78 is 0. The summed E-state index contributed by atoms with van der Waals surface area (Å²) in [6.45, 7) is 6.45. The van der Waals surface area contributed by atoms with Crippen molar-refractivity contribution in [2.24, 2.45) is 17.8 Å². The van der Waals surface area contributed by atoms with E-state index in [0.29, 0.717) is 11.8 Å². The van der Waals surface area contributed by atoms with Crippen LogP contribution in [0.5, 0.6) is 0 Å². The summed E-state index contributed by atoms with van der Waals surface area (Å²) in [5.74, 6) is 1.32. The molecule has 1 nitrogen and oxygen atoms in total. The molecule has 0 radical (unpaired) electrons. The van der Waals surface area contributed by atoms with Gasteiger partial charge in [-0.2, -0.15) is 0 Å². The van der Waals surface area contributed by atoms with Crippen molar-refractivity contribution in [3.8, 4) is 0 Å². The van der Waals surface area contributed by atoms with Crippen LogP contribution in [-0.4, -0.2) is 6.29 Å². The Kier molecular flexibility index (Phi) is 4.80. The van der Waals surface area contributed by atoms with Crippen molar-refractivity contribution in [2.75, 3.05) is 0 Å². The fourth-order valence-electron chi connectivity index (χ4n) is 2.02. The molecule has 0 saturated heterocycles.